The molecule has 1 N–H and O–H groups in total. The van der Waals surface area contributed by atoms with Crippen LogP contribution in [0.2, 0.25) is 0 Å². The number of fused-ring (bicyclic) bond motifs is 1. The summed E-state index contributed by atoms with van der Waals surface area (Å²) in [6.45, 7) is 4.21. The van der Waals surface area contributed by atoms with E-state index in [0.717, 1.165) is 21.6 Å². The number of hydrogen-bond donors (Lipinski definition) is 1. The first-order valence-electron chi connectivity index (χ1n) is 9.44. The van der Waals surface area contributed by atoms with E-state index in [-0.39, 0.29) is 18.7 Å². The number of aromatic nitrogens is 2. The van der Waals surface area contributed by atoms with Crippen molar-refractivity contribution < 1.29 is 9.84 Å². The molecule has 6 heteroatoms. The lowest BCUT2D eigenvalue weighted by Crippen LogP contribution is -2.30. The molecule has 148 valence electrons. The first-order chi connectivity index (χ1) is 14.0. The summed E-state index contributed by atoms with van der Waals surface area (Å²) in [5.74, 6) is 0.699. The van der Waals surface area contributed by atoms with Gasteiger partial charge in [0.2, 0.25) is 0 Å². The molecule has 0 aliphatic rings. The van der Waals surface area contributed by atoms with Gasteiger partial charge in [-0.3, -0.25) is 9.36 Å². The summed E-state index contributed by atoms with van der Waals surface area (Å²) in [6, 6.07) is 17.5. The molecule has 0 spiro atoms. The summed E-state index contributed by atoms with van der Waals surface area (Å²) in [5.41, 5.74) is 2.86. The second kappa shape index (κ2) is 8.19. The van der Waals surface area contributed by atoms with E-state index in [1.54, 1.807) is 0 Å². The number of thiophene rings is 1. The van der Waals surface area contributed by atoms with Gasteiger partial charge in [-0.25, -0.2) is 4.98 Å². The number of hydrogen-bond acceptors (Lipinski definition) is 5. The average molecular weight is 407 g/mol. The van der Waals surface area contributed by atoms with Crippen molar-refractivity contribution >= 4 is 21.6 Å². The van der Waals surface area contributed by atoms with Crippen LogP contribution in [0.25, 0.3) is 21.3 Å². The van der Waals surface area contributed by atoms with Crippen molar-refractivity contribution in [2.75, 3.05) is 6.61 Å². The van der Waals surface area contributed by atoms with Crippen molar-refractivity contribution in [3.05, 3.63) is 81.7 Å². The molecule has 0 fully saturated rings. The number of rotatable bonds is 6. The number of ether oxygens (including phenoxy) is 1. The van der Waals surface area contributed by atoms with E-state index in [1.807, 2.05) is 68.4 Å². The van der Waals surface area contributed by atoms with E-state index < -0.39 is 6.10 Å². The molecule has 5 nitrogen and oxygen atoms in total. The van der Waals surface area contributed by atoms with Crippen molar-refractivity contribution in [1.29, 1.82) is 0 Å². The molecule has 0 saturated carbocycles. The van der Waals surface area contributed by atoms with E-state index in [4.69, 9.17) is 4.74 Å². The van der Waals surface area contributed by atoms with E-state index in [0.29, 0.717) is 16.0 Å². The van der Waals surface area contributed by atoms with Crippen molar-refractivity contribution in [1.82, 2.24) is 9.55 Å². The van der Waals surface area contributed by atoms with Crippen LogP contribution in [0, 0.1) is 13.8 Å². The molecule has 1 unspecified atom stereocenters. The Morgan fingerprint density at radius 3 is 2.69 bits per heavy atom. The monoisotopic (exact) mass is 406 g/mol. The van der Waals surface area contributed by atoms with Crippen LogP contribution in [0.15, 0.2) is 65.7 Å². The number of aliphatic hydroxyl groups excluding tert-OH is 1. The molecule has 29 heavy (non-hydrogen) atoms. The maximum Gasteiger partial charge on any atom is 0.262 e. The van der Waals surface area contributed by atoms with Crippen LogP contribution in [0.4, 0.5) is 0 Å². The first-order valence-corrected chi connectivity index (χ1v) is 10.3. The minimum atomic E-state index is -0.827. The third-order valence-corrected chi connectivity index (χ3v) is 5.77. The largest absolute Gasteiger partial charge is 0.491 e. The van der Waals surface area contributed by atoms with Gasteiger partial charge in [0.15, 0.2) is 0 Å². The third kappa shape index (κ3) is 4.09. The molecule has 2 aromatic heterocycles. The van der Waals surface area contributed by atoms with Gasteiger partial charge in [-0.05, 0) is 37.1 Å². The van der Waals surface area contributed by atoms with Crippen molar-refractivity contribution in [2.24, 2.45) is 0 Å². The van der Waals surface area contributed by atoms with Gasteiger partial charge in [0, 0.05) is 10.4 Å². The topological polar surface area (TPSA) is 64.3 Å². The highest BCUT2D eigenvalue weighted by atomic mass is 32.1. The normalized spacial score (nSPS) is 12.2. The van der Waals surface area contributed by atoms with Gasteiger partial charge in [0.25, 0.3) is 5.56 Å². The summed E-state index contributed by atoms with van der Waals surface area (Å²) in [7, 11) is 0. The van der Waals surface area contributed by atoms with E-state index in [9.17, 15) is 9.90 Å². The van der Waals surface area contributed by atoms with Gasteiger partial charge < -0.3 is 9.84 Å². The quantitative estimate of drug-likeness (QED) is 0.522. The van der Waals surface area contributed by atoms with Gasteiger partial charge in [-0.2, -0.15) is 0 Å². The minimum absolute atomic E-state index is 0.0993. The standard InChI is InChI=1S/C23H22N2O3S/c1-15-7-6-10-19(11-15)28-13-18(26)12-25-14-24-22-21(23(25)27)20(16(2)29-22)17-8-4-3-5-9-17/h3-11,14,18,26H,12-13H2,1-2H3. The average Bonchev–Trinajstić information content (AvgIpc) is 3.06. The molecular weight excluding hydrogens is 384 g/mol. The summed E-state index contributed by atoms with van der Waals surface area (Å²) in [6.07, 6.45) is 0.679. The van der Waals surface area contributed by atoms with Crippen LogP contribution in [0.1, 0.15) is 10.4 Å². The Bertz CT molecular complexity index is 1200. The number of aryl methyl sites for hydroxylation is 2. The molecular formula is C23H22N2O3S. The fraction of sp³-hybridized carbons (Fsp3) is 0.217. The fourth-order valence-electron chi connectivity index (χ4n) is 3.40. The summed E-state index contributed by atoms with van der Waals surface area (Å²) >= 11 is 1.51. The summed E-state index contributed by atoms with van der Waals surface area (Å²) in [4.78, 5) is 19.4. The molecule has 0 bridgehead atoms. The van der Waals surface area contributed by atoms with Crippen LogP contribution in [0.5, 0.6) is 5.75 Å². The zero-order valence-corrected chi connectivity index (χ0v) is 17.1. The van der Waals surface area contributed by atoms with Crippen LogP contribution < -0.4 is 10.3 Å². The lowest BCUT2D eigenvalue weighted by atomic mass is 10.0. The lowest BCUT2D eigenvalue weighted by Gasteiger charge is -2.14. The van der Waals surface area contributed by atoms with Gasteiger partial charge in [-0.1, -0.05) is 42.5 Å². The second-order valence-corrected chi connectivity index (χ2v) is 8.27. The van der Waals surface area contributed by atoms with Crippen molar-refractivity contribution in [2.45, 2.75) is 26.5 Å². The van der Waals surface area contributed by atoms with Gasteiger partial charge in [-0.15, -0.1) is 11.3 Å². The molecule has 0 aliphatic carbocycles. The van der Waals surface area contributed by atoms with E-state index in [1.165, 1.54) is 22.2 Å². The molecule has 0 amide bonds. The second-order valence-electron chi connectivity index (χ2n) is 7.06. The van der Waals surface area contributed by atoms with Gasteiger partial charge >= 0.3 is 0 Å². The Balaban J connectivity index is 1.60. The Labute approximate surface area is 172 Å². The number of aliphatic hydroxyl groups is 1. The van der Waals surface area contributed by atoms with Crippen LogP contribution in [-0.4, -0.2) is 27.4 Å². The molecule has 1 atom stereocenters. The van der Waals surface area contributed by atoms with E-state index >= 15 is 0 Å². The number of benzene rings is 2. The Morgan fingerprint density at radius 2 is 1.93 bits per heavy atom. The third-order valence-electron chi connectivity index (χ3n) is 4.76. The molecule has 2 heterocycles. The Morgan fingerprint density at radius 1 is 1.14 bits per heavy atom. The number of nitrogens with zero attached hydrogens (tertiary/aromatic N) is 2. The predicted octanol–water partition coefficient (Wildman–Crippen LogP) is 4.18. The smallest absolute Gasteiger partial charge is 0.262 e. The van der Waals surface area contributed by atoms with Crippen molar-refractivity contribution in [3.8, 4) is 16.9 Å². The molecule has 0 aliphatic heterocycles. The van der Waals surface area contributed by atoms with Crippen LogP contribution in [-0.2, 0) is 6.54 Å². The molecule has 4 rings (SSSR count). The molecule has 0 radical (unpaired) electrons. The highest BCUT2D eigenvalue weighted by Crippen LogP contribution is 2.35. The van der Waals surface area contributed by atoms with E-state index in [2.05, 4.69) is 4.98 Å². The zero-order valence-electron chi connectivity index (χ0n) is 16.3. The fourth-order valence-corrected chi connectivity index (χ4v) is 4.40. The summed E-state index contributed by atoms with van der Waals surface area (Å²) in [5, 5.41) is 11.0. The maximum absolute atomic E-state index is 13.2. The maximum atomic E-state index is 13.2. The highest BCUT2D eigenvalue weighted by Gasteiger charge is 2.18. The summed E-state index contributed by atoms with van der Waals surface area (Å²) < 4.78 is 7.13. The van der Waals surface area contributed by atoms with Crippen LogP contribution >= 0.6 is 11.3 Å². The highest BCUT2D eigenvalue weighted by molar-refractivity contribution is 7.19. The molecule has 2 aromatic carbocycles. The minimum Gasteiger partial charge on any atom is -0.491 e. The van der Waals surface area contributed by atoms with Crippen molar-refractivity contribution in [3.63, 3.8) is 0 Å². The molecule has 0 saturated heterocycles. The SMILES string of the molecule is Cc1cccc(OCC(O)Cn2cnc3sc(C)c(-c4ccccc4)c3c2=O)c1. The Kier molecular flexibility index (Phi) is 5.47. The Hall–Kier alpha value is -2.96. The van der Waals surface area contributed by atoms with Crippen LogP contribution in [0.3, 0.4) is 0 Å². The lowest BCUT2D eigenvalue weighted by molar-refractivity contribution is 0.0914. The van der Waals surface area contributed by atoms with Gasteiger partial charge in [0.1, 0.15) is 23.3 Å². The van der Waals surface area contributed by atoms with Gasteiger partial charge in [0.05, 0.1) is 18.3 Å². The predicted molar refractivity (Wildman–Crippen MR) is 117 cm³/mol. The zero-order chi connectivity index (χ0) is 20.4. The first kappa shape index (κ1) is 19.4. The molecule has 4 aromatic rings.